The molecule has 7 heteroatoms. The lowest BCUT2D eigenvalue weighted by Crippen LogP contribution is -2.49. The zero-order valence-electron chi connectivity index (χ0n) is 12.9. The van der Waals surface area contributed by atoms with Crippen molar-refractivity contribution in [2.24, 2.45) is 5.73 Å². The fourth-order valence-corrected chi connectivity index (χ4v) is 2.07. The molecule has 0 fully saturated rings. The Labute approximate surface area is 139 Å². The Hall–Kier alpha value is -3.22. The average molecular weight is 326 g/mol. The number of hydrogen-bond acceptors (Lipinski definition) is 4. The number of carbonyl (C=O) groups is 3. The van der Waals surface area contributed by atoms with Crippen LogP contribution < -0.4 is 16.4 Å². The van der Waals surface area contributed by atoms with Gasteiger partial charge in [-0.3, -0.25) is 19.4 Å². The maximum atomic E-state index is 11.9. The van der Waals surface area contributed by atoms with E-state index in [-0.39, 0.29) is 18.7 Å². The Morgan fingerprint density at radius 1 is 1.04 bits per heavy atom. The monoisotopic (exact) mass is 326 g/mol. The Morgan fingerprint density at radius 2 is 1.75 bits per heavy atom. The number of aromatic nitrogens is 1. The number of pyridine rings is 1. The number of primary amides is 1. The van der Waals surface area contributed by atoms with E-state index >= 15 is 0 Å². The molecule has 7 nitrogen and oxygen atoms in total. The molecule has 24 heavy (non-hydrogen) atoms. The van der Waals surface area contributed by atoms with Crippen molar-refractivity contribution in [1.82, 2.24) is 15.6 Å². The van der Waals surface area contributed by atoms with Crippen molar-refractivity contribution >= 4 is 17.7 Å². The number of nitrogens with zero attached hydrogens (tertiary/aromatic N) is 1. The van der Waals surface area contributed by atoms with Gasteiger partial charge in [0.25, 0.3) is 5.91 Å². The van der Waals surface area contributed by atoms with Crippen molar-refractivity contribution in [3.8, 4) is 0 Å². The van der Waals surface area contributed by atoms with Crippen molar-refractivity contribution in [3.05, 3.63) is 66.0 Å². The van der Waals surface area contributed by atoms with Gasteiger partial charge in [-0.2, -0.15) is 0 Å². The fourth-order valence-electron chi connectivity index (χ4n) is 2.07. The number of nitrogens with one attached hydrogen (secondary N) is 2. The second kappa shape index (κ2) is 8.42. The Morgan fingerprint density at radius 3 is 2.38 bits per heavy atom. The number of carbonyl (C=O) groups excluding carboxylic acids is 3. The van der Waals surface area contributed by atoms with Gasteiger partial charge in [0.1, 0.15) is 11.7 Å². The molecule has 3 amide bonds. The highest BCUT2D eigenvalue weighted by molar-refractivity contribution is 5.95. The number of nitrogens with two attached hydrogens (primary N) is 1. The molecule has 0 aliphatic carbocycles. The van der Waals surface area contributed by atoms with E-state index in [1.165, 1.54) is 12.3 Å². The number of rotatable bonds is 7. The van der Waals surface area contributed by atoms with Gasteiger partial charge in [0.2, 0.25) is 11.8 Å². The van der Waals surface area contributed by atoms with Crippen LogP contribution in [-0.4, -0.2) is 35.3 Å². The van der Waals surface area contributed by atoms with E-state index in [9.17, 15) is 14.4 Å². The molecular weight excluding hydrogens is 308 g/mol. The molecule has 2 rings (SSSR count). The minimum atomic E-state index is -0.841. The first-order valence-corrected chi connectivity index (χ1v) is 7.38. The minimum absolute atomic E-state index is 0.209. The summed E-state index contributed by atoms with van der Waals surface area (Å²) < 4.78 is 0. The average Bonchev–Trinajstić information content (AvgIpc) is 2.60. The van der Waals surface area contributed by atoms with Crippen LogP contribution in [0, 0.1) is 0 Å². The van der Waals surface area contributed by atoms with Gasteiger partial charge in [0, 0.05) is 12.6 Å². The molecule has 0 radical (unpaired) electrons. The van der Waals surface area contributed by atoms with Crippen molar-refractivity contribution in [2.75, 3.05) is 6.54 Å². The fraction of sp³-hybridized carbons (Fsp3) is 0.176. The summed E-state index contributed by atoms with van der Waals surface area (Å²) in [6, 6.07) is 13.3. The van der Waals surface area contributed by atoms with Crippen LogP contribution in [0.4, 0.5) is 0 Å². The number of hydrogen-bond donors (Lipinski definition) is 3. The lowest BCUT2D eigenvalue weighted by atomic mass is 10.1. The maximum absolute atomic E-state index is 11.9. The van der Waals surface area contributed by atoms with Crippen LogP contribution in [0.25, 0.3) is 0 Å². The highest BCUT2D eigenvalue weighted by Gasteiger charge is 2.19. The largest absolute Gasteiger partial charge is 0.368 e. The molecule has 1 aromatic heterocycles. The molecule has 0 saturated carbocycles. The van der Waals surface area contributed by atoms with Crippen LogP contribution in [0.5, 0.6) is 0 Å². The highest BCUT2D eigenvalue weighted by Crippen LogP contribution is 2.03. The Kier molecular flexibility index (Phi) is 6.01. The molecule has 1 atom stereocenters. The third kappa shape index (κ3) is 5.20. The van der Waals surface area contributed by atoms with Crippen LogP contribution in [0.1, 0.15) is 16.1 Å². The second-order valence-corrected chi connectivity index (χ2v) is 5.11. The Bertz CT molecular complexity index is 704. The summed E-state index contributed by atoms with van der Waals surface area (Å²) in [6.07, 6.45) is 1.77. The zero-order valence-corrected chi connectivity index (χ0v) is 12.9. The molecule has 2 aromatic rings. The van der Waals surface area contributed by atoms with Crippen LogP contribution in [0.2, 0.25) is 0 Å². The van der Waals surface area contributed by atoms with Gasteiger partial charge >= 0.3 is 0 Å². The topological polar surface area (TPSA) is 114 Å². The molecule has 0 aliphatic heterocycles. The molecule has 0 unspecified atom stereocenters. The van der Waals surface area contributed by atoms with Crippen LogP contribution in [0.15, 0.2) is 54.7 Å². The quantitative estimate of drug-likeness (QED) is 0.665. The molecule has 0 saturated heterocycles. The van der Waals surface area contributed by atoms with Gasteiger partial charge in [-0.05, 0) is 17.7 Å². The van der Waals surface area contributed by atoms with Gasteiger partial charge in [0.15, 0.2) is 0 Å². The van der Waals surface area contributed by atoms with E-state index in [1.54, 1.807) is 12.1 Å². The Balaban J connectivity index is 1.87. The summed E-state index contributed by atoms with van der Waals surface area (Å²) in [5, 5.41) is 4.96. The second-order valence-electron chi connectivity index (χ2n) is 5.11. The third-order valence-electron chi connectivity index (χ3n) is 3.27. The van der Waals surface area contributed by atoms with Crippen LogP contribution >= 0.6 is 0 Å². The number of amides is 3. The highest BCUT2D eigenvalue weighted by atomic mass is 16.2. The van der Waals surface area contributed by atoms with Crippen LogP contribution in [0.3, 0.4) is 0 Å². The molecule has 1 aromatic carbocycles. The van der Waals surface area contributed by atoms with Gasteiger partial charge in [0.05, 0.1) is 6.54 Å². The van der Waals surface area contributed by atoms with Crippen molar-refractivity contribution in [1.29, 1.82) is 0 Å². The normalized spacial score (nSPS) is 11.3. The van der Waals surface area contributed by atoms with Gasteiger partial charge in [-0.1, -0.05) is 36.4 Å². The van der Waals surface area contributed by atoms with Crippen molar-refractivity contribution < 1.29 is 14.4 Å². The molecule has 124 valence electrons. The third-order valence-corrected chi connectivity index (χ3v) is 3.27. The summed E-state index contributed by atoms with van der Waals surface area (Å²) in [5.41, 5.74) is 6.41. The first kappa shape index (κ1) is 17.1. The summed E-state index contributed by atoms with van der Waals surface area (Å²) in [7, 11) is 0. The van der Waals surface area contributed by atoms with Gasteiger partial charge in [-0.15, -0.1) is 0 Å². The lowest BCUT2D eigenvalue weighted by molar-refractivity contribution is -0.126. The molecular formula is C17H18N4O3. The van der Waals surface area contributed by atoms with E-state index < -0.39 is 23.8 Å². The van der Waals surface area contributed by atoms with E-state index in [0.717, 1.165) is 5.56 Å². The number of benzene rings is 1. The summed E-state index contributed by atoms with van der Waals surface area (Å²) in [6.45, 7) is -0.270. The van der Waals surface area contributed by atoms with Crippen molar-refractivity contribution in [2.45, 2.75) is 12.5 Å². The van der Waals surface area contributed by atoms with E-state index in [0.29, 0.717) is 0 Å². The van der Waals surface area contributed by atoms with Crippen molar-refractivity contribution in [3.63, 3.8) is 0 Å². The molecule has 1 heterocycles. The molecule has 0 spiro atoms. The molecule has 0 aliphatic rings. The first-order chi connectivity index (χ1) is 11.6. The maximum Gasteiger partial charge on any atom is 0.270 e. The predicted molar refractivity (Wildman–Crippen MR) is 87.8 cm³/mol. The standard InChI is InChI=1S/C17H18N4O3/c18-16(23)14(10-12-6-2-1-3-7-12)21-15(22)11-20-17(24)13-8-4-5-9-19-13/h1-9,14H,10-11H2,(H2,18,23)(H,20,24)(H,21,22)/t14-/m0/s1. The SMILES string of the molecule is NC(=O)[C@H](Cc1ccccc1)NC(=O)CNC(=O)c1ccccn1. The van der Waals surface area contributed by atoms with Crippen LogP contribution in [-0.2, 0) is 16.0 Å². The summed E-state index contributed by atoms with van der Waals surface area (Å²) in [4.78, 5) is 39.1. The smallest absolute Gasteiger partial charge is 0.270 e. The van der Waals surface area contributed by atoms with Gasteiger partial charge < -0.3 is 16.4 Å². The van der Waals surface area contributed by atoms with E-state index in [1.807, 2.05) is 30.3 Å². The van der Waals surface area contributed by atoms with Gasteiger partial charge in [-0.25, -0.2) is 0 Å². The van der Waals surface area contributed by atoms with E-state index in [4.69, 9.17) is 5.73 Å². The molecule has 0 bridgehead atoms. The van der Waals surface area contributed by atoms with E-state index in [2.05, 4.69) is 15.6 Å². The predicted octanol–water partition coefficient (Wildman–Crippen LogP) is 0.0242. The lowest BCUT2D eigenvalue weighted by Gasteiger charge is -2.15. The summed E-state index contributed by atoms with van der Waals surface area (Å²) >= 11 is 0. The zero-order chi connectivity index (χ0) is 17.4. The minimum Gasteiger partial charge on any atom is -0.368 e. The summed E-state index contributed by atoms with van der Waals surface area (Å²) in [5.74, 6) is -1.60. The molecule has 4 N–H and O–H groups in total. The first-order valence-electron chi connectivity index (χ1n) is 7.38.